The van der Waals surface area contributed by atoms with Gasteiger partial charge in [-0.2, -0.15) is 4.31 Å². The normalized spacial score (nSPS) is 27.2. The van der Waals surface area contributed by atoms with E-state index in [9.17, 15) is 22.4 Å². The number of nitrogens with zero attached hydrogens (tertiary/aromatic N) is 2. The highest BCUT2D eigenvalue weighted by molar-refractivity contribution is 7.89. The summed E-state index contributed by atoms with van der Waals surface area (Å²) in [5, 5.41) is 0. The van der Waals surface area contributed by atoms with Crippen LogP contribution in [0.25, 0.3) is 0 Å². The van der Waals surface area contributed by atoms with E-state index in [1.54, 1.807) is 0 Å². The summed E-state index contributed by atoms with van der Waals surface area (Å²) >= 11 is 0. The molecular formula is C19H25FN3O4S+. The van der Waals surface area contributed by atoms with E-state index in [4.69, 9.17) is 0 Å². The summed E-state index contributed by atoms with van der Waals surface area (Å²) in [6.07, 6.45) is 3.59. The maximum Gasteiger partial charge on any atom is 0.243 e. The van der Waals surface area contributed by atoms with Gasteiger partial charge in [0, 0.05) is 0 Å². The van der Waals surface area contributed by atoms with Crippen molar-refractivity contribution in [3.63, 3.8) is 0 Å². The van der Waals surface area contributed by atoms with Crippen LogP contribution in [0, 0.1) is 17.7 Å². The second-order valence-corrected chi connectivity index (χ2v) is 9.81. The lowest BCUT2D eigenvalue weighted by Gasteiger charge is -2.33. The average Bonchev–Trinajstić information content (AvgIpc) is 2.94. The molecule has 9 heteroatoms. The zero-order chi connectivity index (χ0) is 19.9. The molecule has 1 aliphatic carbocycles. The molecular weight excluding hydrogens is 385 g/mol. The molecule has 152 valence electrons. The lowest BCUT2D eigenvalue weighted by atomic mass is 9.81. The first-order chi connectivity index (χ1) is 13.4. The smallest absolute Gasteiger partial charge is 0.243 e. The maximum absolute atomic E-state index is 13.1. The van der Waals surface area contributed by atoms with Crippen LogP contribution in [0.3, 0.4) is 0 Å². The van der Waals surface area contributed by atoms with E-state index < -0.39 is 15.8 Å². The van der Waals surface area contributed by atoms with Crippen LogP contribution in [0.2, 0.25) is 0 Å². The molecule has 2 heterocycles. The minimum absolute atomic E-state index is 0.0523. The molecule has 2 amide bonds. The fraction of sp³-hybridized carbons (Fsp3) is 0.579. The number of amides is 2. The fourth-order valence-corrected chi connectivity index (χ4v) is 6.01. The molecule has 1 aromatic rings. The van der Waals surface area contributed by atoms with E-state index in [1.165, 1.54) is 21.3 Å². The van der Waals surface area contributed by atoms with Gasteiger partial charge in [0.15, 0.2) is 6.67 Å². The standard InChI is InChI=1S/C19H24FN3O4S/c20-14-5-7-15(8-6-14)28(26,27)22-11-9-21(10-12-22)13-23-18(24)16-3-1-2-4-17(16)19(23)25/h5-8,16-17H,1-4,9-13H2/p+1/t16-,17-/m0/s1. The number of rotatable bonds is 4. The lowest BCUT2D eigenvalue weighted by Crippen LogP contribution is -3.16. The zero-order valence-electron chi connectivity index (χ0n) is 15.6. The first-order valence-corrected chi connectivity index (χ1v) is 11.3. The SMILES string of the molecule is O=C1[C@H]2CCCC[C@@H]2C(=O)N1C[NH+]1CCN(S(=O)(=O)c2ccc(F)cc2)CC1. The Morgan fingerprint density at radius 1 is 0.964 bits per heavy atom. The summed E-state index contributed by atoms with van der Waals surface area (Å²) < 4.78 is 39.9. The molecule has 0 unspecified atom stereocenters. The van der Waals surface area contributed by atoms with E-state index in [1.807, 2.05) is 0 Å². The molecule has 4 rings (SSSR count). The summed E-state index contributed by atoms with van der Waals surface area (Å²) in [6, 6.07) is 4.82. The van der Waals surface area contributed by atoms with Crippen molar-refractivity contribution in [1.82, 2.24) is 9.21 Å². The Kier molecular flexibility index (Phi) is 5.24. The summed E-state index contributed by atoms with van der Waals surface area (Å²) in [4.78, 5) is 27.7. The van der Waals surface area contributed by atoms with Gasteiger partial charge in [0.05, 0.1) is 42.9 Å². The van der Waals surface area contributed by atoms with Crippen LogP contribution in [0.5, 0.6) is 0 Å². The van der Waals surface area contributed by atoms with Gasteiger partial charge in [0.1, 0.15) is 5.82 Å². The van der Waals surface area contributed by atoms with Gasteiger partial charge >= 0.3 is 0 Å². The van der Waals surface area contributed by atoms with E-state index in [0.29, 0.717) is 32.8 Å². The second-order valence-electron chi connectivity index (χ2n) is 7.87. The minimum atomic E-state index is -3.66. The fourth-order valence-electron chi connectivity index (χ4n) is 4.57. The van der Waals surface area contributed by atoms with Crippen LogP contribution in [-0.4, -0.2) is 62.3 Å². The van der Waals surface area contributed by atoms with Crippen LogP contribution in [-0.2, 0) is 19.6 Å². The van der Waals surface area contributed by atoms with E-state index in [-0.39, 0.29) is 28.5 Å². The predicted molar refractivity (Wildman–Crippen MR) is 98.0 cm³/mol. The quantitative estimate of drug-likeness (QED) is 0.700. The van der Waals surface area contributed by atoms with Gasteiger partial charge in [-0.05, 0) is 37.1 Å². The topological polar surface area (TPSA) is 79.2 Å². The maximum atomic E-state index is 13.1. The minimum Gasteiger partial charge on any atom is -0.315 e. The molecule has 0 bridgehead atoms. The number of piperazine rings is 1. The first kappa shape index (κ1) is 19.5. The number of hydrogen-bond acceptors (Lipinski definition) is 4. The van der Waals surface area contributed by atoms with Gasteiger partial charge in [0.25, 0.3) is 0 Å². The third-order valence-corrected chi connectivity index (χ3v) is 8.11. The van der Waals surface area contributed by atoms with Crippen molar-refractivity contribution in [3.05, 3.63) is 30.1 Å². The Bertz CT molecular complexity index is 842. The molecule has 0 spiro atoms. The van der Waals surface area contributed by atoms with E-state index in [0.717, 1.165) is 42.7 Å². The molecule has 7 nitrogen and oxygen atoms in total. The van der Waals surface area contributed by atoms with E-state index >= 15 is 0 Å². The molecule has 0 aromatic heterocycles. The average molecular weight is 410 g/mol. The van der Waals surface area contributed by atoms with Crippen molar-refractivity contribution >= 4 is 21.8 Å². The molecule has 2 atom stereocenters. The number of benzene rings is 1. The Balaban J connectivity index is 1.37. The number of carbonyl (C=O) groups excluding carboxylic acids is 2. The van der Waals surface area contributed by atoms with Gasteiger partial charge in [-0.25, -0.2) is 17.7 Å². The third-order valence-electron chi connectivity index (χ3n) is 6.20. The summed E-state index contributed by atoms with van der Waals surface area (Å²) in [5.41, 5.74) is 0. The number of hydrogen-bond donors (Lipinski definition) is 1. The van der Waals surface area contributed by atoms with E-state index in [2.05, 4.69) is 0 Å². The van der Waals surface area contributed by atoms with Crippen LogP contribution in [0.1, 0.15) is 25.7 Å². The Labute approximate surface area is 164 Å². The summed E-state index contributed by atoms with van der Waals surface area (Å²) in [6.45, 7) is 1.96. The lowest BCUT2D eigenvalue weighted by molar-refractivity contribution is -0.910. The summed E-state index contributed by atoms with van der Waals surface area (Å²) in [5.74, 6) is -0.887. The van der Waals surface area contributed by atoms with Gasteiger partial charge in [-0.3, -0.25) is 9.59 Å². The number of carbonyl (C=O) groups is 2. The van der Waals surface area contributed by atoms with Gasteiger partial charge < -0.3 is 4.90 Å². The number of quaternary nitrogens is 1. The molecule has 3 aliphatic rings. The van der Waals surface area contributed by atoms with Crippen LogP contribution in [0.4, 0.5) is 4.39 Å². The van der Waals surface area contributed by atoms with Crippen LogP contribution >= 0.6 is 0 Å². The van der Waals surface area contributed by atoms with Crippen molar-refractivity contribution in [2.24, 2.45) is 11.8 Å². The molecule has 1 aromatic carbocycles. The molecule has 2 saturated heterocycles. The number of sulfonamides is 1. The van der Waals surface area contributed by atoms with Gasteiger partial charge in [-0.15, -0.1) is 0 Å². The Morgan fingerprint density at radius 3 is 2.04 bits per heavy atom. The highest BCUT2D eigenvalue weighted by atomic mass is 32.2. The second kappa shape index (κ2) is 7.53. The highest BCUT2D eigenvalue weighted by Gasteiger charge is 2.49. The molecule has 1 saturated carbocycles. The summed E-state index contributed by atoms with van der Waals surface area (Å²) in [7, 11) is -3.66. The predicted octanol–water partition coefficient (Wildman–Crippen LogP) is -0.152. The number of nitrogens with one attached hydrogen (secondary N) is 1. The van der Waals surface area contributed by atoms with Crippen molar-refractivity contribution < 1.29 is 27.3 Å². The largest absolute Gasteiger partial charge is 0.315 e. The molecule has 0 radical (unpaired) electrons. The van der Waals surface area contributed by atoms with Crippen molar-refractivity contribution in [2.45, 2.75) is 30.6 Å². The molecule has 1 N–H and O–H groups in total. The Morgan fingerprint density at radius 2 is 1.50 bits per heavy atom. The van der Waals surface area contributed by atoms with Gasteiger partial charge in [-0.1, -0.05) is 12.8 Å². The van der Waals surface area contributed by atoms with Crippen LogP contribution in [0.15, 0.2) is 29.2 Å². The number of imide groups is 1. The molecule has 2 aliphatic heterocycles. The Hall–Kier alpha value is -1.84. The van der Waals surface area contributed by atoms with Gasteiger partial charge in [0.2, 0.25) is 21.8 Å². The van der Waals surface area contributed by atoms with Crippen LogP contribution < -0.4 is 4.90 Å². The molecule has 3 fully saturated rings. The monoisotopic (exact) mass is 410 g/mol. The number of fused-ring (bicyclic) bond motifs is 1. The van der Waals surface area contributed by atoms with Crippen molar-refractivity contribution in [3.8, 4) is 0 Å². The number of halogens is 1. The van der Waals surface area contributed by atoms with Crippen molar-refractivity contribution in [2.75, 3.05) is 32.8 Å². The first-order valence-electron chi connectivity index (χ1n) is 9.82. The highest BCUT2D eigenvalue weighted by Crippen LogP contribution is 2.37. The third kappa shape index (κ3) is 3.46. The molecule has 28 heavy (non-hydrogen) atoms. The number of likely N-dealkylation sites (tertiary alicyclic amines) is 1. The zero-order valence-corrected chi connectivity index (χ0v) is 16.5. The van der Waals surface area contributed by atoms with Crippen molar-refractivity contribution in [1.29, 1.82) is 0 Å².